The van der Waals surface area contributed by atoms with E-state index in [1.807, 2.05) is 6.92 Å². The van der Waals surface area contributed by atoms with Gasteiger partial charge >= 0.3 is 0 Å². The molecular weight excluding hydrogens is 343 g/mol. The second kappa shape index (κ2) is 7.09. The first-order chi connectivity index (χ1) is 9.95. The zero-order valence-corrected chi connectivity index (χ0v) is 13.1. The van der Waals surface area contributed by atoms with Crippen LogP contribution < -0.4 is 5.32 Å². The van der Waals surface area contributed by atoms with Crippen molar-refractivity contribution in [1.29, 1.82) is 0 Å². The number of nitrogens with one attached hydrogen (secondary N) is 1. The Kier molecular flexibility index (Phi) is 5.42. The summed E-state index contributed by atoms with van der Waals surface area (Å²) in [5.41, 5.74) is 1.53. The number of benzene rings is 2. The van der Waals surface area contributed by atoms with Crippen molar-refractivity contribution in [2.45, 2.75) is 19.4 Å². The number of rotatable bonds is 5. The van der Waals surface area contributed by atoms with Gasteiger partial charge in [0, 0.05) is 16.6 Å². The summed E-state index contributed by atoms with van der Waals surface area (Å²) >= 11 is 3.32. The van der Waals surface area contributed by atoms with Gasteiger partial charge in [-0.25, -0.2) is 13.2 Å². The Morgan fingerprint density at radius 2 is 1.67 bits per heavy atom. The molecule has 0 radical (unpaired) electrons. The molecule has 1 nitrogen and oxygen atoms in total. The van der Waals surface area contributed by atoms with Crippen molar-refractivity contribution < 1.29 is 13.2 Å². The van der Waals surface area contributed by atoms with Gasteiger partial charge in [0.25, 0.3) is 0 Å². The van der Waals surface area contributed by atoms with E-state index in [0.717, 1.165) is 11.6 Å². The van der Waals surface area contributed by atoms with E-state index in [1.165, 1.54) is 24.3 Å². The van der Waals surface area contributed by atoms with Crippen molar-refractivity contribution in [3.05, 3.63) is 69.4 Å². The molecule has 0 saturated carbocycles. The molecule has 0 aliphatic heterocycles. The van der Waals surface area contributed by atoms with Crippen LogP contribution in [0.3, 0.4) is 0 Å². The van der Waals surface area contributed by atoms with Crippen LogP contribution in [0.4, 0.5) is 13.2 Å². The zero-order chi connectivity index (χ0) is 15.4. The van der Waals surface area contributed by atoms with Crippen molar-refractivity contribution in [2.24, 2.45) is 0 Å². The lowest BCUT2D eigenvalue weighted by atomic mass is 10.1. The van der Waals surface area contributed by atoms with Crippen molar-refractivity contribution in [1.82, 2.24) is 5.32 Å². The summed E-state index contributed by atoms with van der Waals surface area (Å²) in [7, 11) is 0. The molecule has 1 atom stereocenters. The lowest BCUT2D eigenvalue weighted by molar-refractivity contribution is 0.561. The molecule has 0 aromatic heterocycles. The minimum absolute atomic E-state index is 0.00150. The van der Waals surface area contributed by atoms with Crippen molar-refractivity contribution in [3.63, 3.8) is 0 Å². The highest BCUT2D eigenvalue weighted by Gasteiger charge is 2.09. The summed E-state index contributed by atoms with van der Waals surface area (Å²) in [5, 5.41) is 3.25. The van der Waals surface area contributed by atoms with Crippen LogP contribution in [0.15, 0.2) is 40.9 Å². The number of hydrogen-bond acceptors (Lipinski definition) is 1. The molecule has 2 aromatic rings. The SMILES string of the molecule is CC(NCCc1cc(F)cc(F)c1)c1ccc(F)cc1Br. The van der Waals surface area contributed by atoms with Gasteiger partial charge in [-0.15, -0.1) is 0 Å². The molecule has 0 aliphatic carbocycles. The zero-order valence-electron chi connectivity index (χ0n) is 11.5. The van der Waals surface area contributed by atoms with Gasteiger partial charge in [-0.2, -0.15) is 0 Å². The Hall–Kier alpha value is -1.33. The van der Waals surface area contributed by atoms with E-state index in [-0.39, 0.29) is 11.9 Å². The van der Waals surface area contributed by atoms with Gasteiger partial charge in [0.15, 0.2) is 0 Å². The Balaban J connectivity index is 1.93. The van der Waals surface area contributed by atoms with Gasteiger partial charge in [0.1, 0.15) is 17.5 Å². The van der Waals surface area contributed by atoms with Crippen LogP contribution in [-0.4, -0.2) is 6.54 Å². The molecular formula is C16H15BrF3N. The second-order valence-corrected chi connectivity index (χ2v) is 5.72. The molecule has 0 bridgehead atoms. The molecule has 2 rings (SSSR count). The van der Waals surface area contributed by atoms with Crippen molar-refractivity contribution >= 4 is 15.9 Å². The summed E-state index contributed by atoms with van der Waals surface area (Å²) in [5.74, 6) is -1.44. The third-order valence-corrected chi connectivity index (χ3v) is 3.90. The minimum atomic E-state index is -0.570. The molecule has 2 aromatic carbocycles. The molecule has 0 heterocycles. The van der Waals surface area contributed by atoms with Gasteiger partial charge in [0.05, 0.1) is 0 Å². The van der Waals surface area contributed by atoms with Gasteiger partial charge in [-0.3, -0.25) is 0 Å². The first-order valence-corrected chi connectivity index (χ1v) is 7.38. The maximum absolute atomic E-state index is 13.1. The van der Waals surface area contributed by atoms with Gasteiger partial charge < -0.3 is 5.32 Å². The first kappa shape index (κ1) is 16.0. The van der Waals surface area contributed by atoms with E-state index in [9.17, 15) is 13.2 Å². The summed E-state index contributed by atoms with van der Waals surface area (Å²) in [6.45, 7) is 2.51. The largest absolute Gasteiger partial charge is 0.310 e. The van der Waals surface area contributed by atoms with Crippen molar-refractivity contribution in [2.75, 3.05) is 6.54 Å². The van der Waals surface area contributed by atoms with Gasteiger partial charge in [0.2, 0.25) is 0 Å². The lowest BCUT2D eigenvalue weighted by Gasteiger charge is -2.16. The van der Waals surface area contributed by atoms with Crippen LogP contribution in [0.1, 0.15) is 24.1 Å². The topological polar surface area (TPSA) is 12.0 Å². The predicted octanol–water partition coefficient (Wildman–Crippen LogP) is 4.76. The first-order valence-electron chi connectivity index (χ1n) is 6.59. The minimum Gasteiger partial charge on any atom is -0.310 e. The average Bonchev–Trinajstić information content (AvgIpc) is 2.37. The molecule has 112 valence electrons. The van der Waals surface area contributed by atoms with E-state index in [0.29, 0.717) is 23.0 Å². The highest BCUT2D eigenvalue weighted by molar-refractivity contribution is 9.10. The smallest absolute Gasteiger partial charge is 0.126 e. The molecule has 0 aliphatic rings. The third kappa shape index (κ3) is 4.58. The molecule has 1 N–H and O–H groups in total. The van der Waals surface area contributed by atoms with E-state index >= 15 is 0 Å². The Morgan fingerprint density at radius 3 is 2.29 bits per heavy atom. The predicted molar refractivity (Wildman–Crippen MR) is 80.6 cm³/mol. The maximum atomic E-state index is 13.1. The molecule has 0 amide bonds. The number of hydrogen-bond donors (Lipinski definition) is 1. The molecule has 1 unspecified atom stereocenters. The highest BCUT2D eigenvalue weighted by Crippen LogP contribution is 2.24. The van der Waals surface area contributed by atoms with Crippen LogP contribution >= 0.6 is 15.9 Å². The quantitative estimate of drug-likeness (QED) is 0.813. The summed E-state index contributed by atoms with van der Waals surface area (Å²) in [6.07, 6.45) is 0.512. The van der Waals surface area contributed by atoms with Crippen molar-refractivity contribution in [3.8, 4) is 0 Å². The van der Waals surface area contributed by atoms with Crippen LogP contribution in [0, 0.1) is 17.5 Å². The maximum Gasteiger partial charge on any atom is 0.126 e. The normalized spacial score (nSPS) is 12.4. The fourth-order valence-electron chi connectivity index (χ4n) is 2.15. The van der Waals surface area contributed by atoms with Gasteiger partial charge in [-0.1, -0.05) is 22.0 Å². The Morgan fingerprint density at radius 1 is 1.00 bits per heavy atom. The van der Waals surface area contributed by atoms with E-state index in [1.54, 1.807) is 6.07 Å². The molecule has 5 heteroatoms. The lowest BCUT2D eigenvalue weighted by Crippen LogP contribution is -2.21. The Labute approximate surface area is 130 Å². The van der Waals surface area contributed by atoms with E-state index < -0.39 is 11.6 Å². The van der Waals surface area contributed by atoms with Crippen LogP contribution in [0.2, 0.25) is 0 Å². The molecule has 0 spiro atoms. The summed E-state index contributed by atoms with van der Waals surface area (Å²) in [6, 6.07) is 8.02. The summed E-state index contributed by atoms with van der Waals surface area (Å²) in [4.78, 5) is 0. The fraction of sp³-hybridized carbons (Fsp3) is 0.250. The molecule has 0 fully saturated rings. The van der Waals surface area contributed by atoms with E-state index in [2.05, 4.69) is 21.2 Å². The van der Waals surface area contributed by atoms with Crippen LogP contribution in [0.5, 0.6) is 0 Å². The highest BCUT2D eigenvalue weighted by atomic mass is 79.9. The molecule has 21 heavy (non-hydrogen) atoms. The Bertz CT molecular complexity index is 611. The van der Waals surface area contributed by atoms with Crippen LogP contribution in [-0.2, 0) is 6.42 Å². The average molecular weight is 358 g/mol. The second-order valence-electron chi connectivity index (χ2n) is 4.87. The fourth-order valence-corrected chi connectivity index (χ4v) is 2.85. The van der Waals surface area contributed by atoms with Gasteiger partial charge in [-0.05, 0) is 55.3 Å². The third-order valence-electron chi connectivity index (χ3n) is 3.22. The number of halogens is 4. The summed E-state index contributed by atoms with van der Waals surface area (Å²) < 4.78 is 39.9. The molecule has 0 saturated heterocycles. The standard InChI is InChI=1S/C16H15BrF3N/c1-10(15-3-2-12(18)9-16(15)17)21-5-4-11-6-13(19)8-14(20)7-11/h2-3,6-10,21H,4-5H2,1H3. The van der Waals surface area contributed by atoms with Crippen LogP contribution in [0.25, 0.3) is 0 Å². The monoisotopic (exact) mass is 357 g/mol. The van der Waals surface area contributed by atoms with E-state index in [4.69, 9.17) is 0 Å².